The van der Waals surface area contributed by atoms with Crippen LogP contribution in [0.2, 0.25) is 0 Å². The number of hydrogen-bond donors (Lipinski definition) is 4. The van der Waals surface area contributed by atoms with Crippen molar-refractivity contribution in [2.45, 2.75) is 11.5 Å². The SMILES string of the molecule is Br.Br.N=C(N)SCc1c(F)ccc2c1oc1c(CSC(=N)N)c(F)ccc12. The Morgan fingerprint density at radius 2 is 1.19 bits per heavy atom. The van der Waals surface area contributed by atoms with Crippen LogP contribution in [0.1, 0.15) is 11.1 Å². The van der Waals surface area contributed by atoms with Crippen LogP contribution in [0.4, 0.5) is 8.78 Å². The maximum Gasteiger partial charge on any atom is 0.151 e. The van der Waals surface area contributed by atoms with E-state index in [9.17, 15) is 8.78 Å². The van der Waals surface area contributed by atoms with Gasteiger partial charge in [0.1, 0.15) is 22.8 Å². The Hall–Kier alpha value is -1.30. The molecule has 0 saturated carbocycles. The van der Waals surface area contributed by atoms with E-state index in [4.69, 9.17) is 26.7 Å². The largest absolute Gasteiger partial charge is 0.455 e. The summed E-state index contributed by atoms with van der Waals surface area (Å²) in [6.07, 6.45) is 0. The predicted octanol–water partition coefficient (Wildman–Crippen LogP) is 5.27. The Morgan fingerprint density at radius 3 is 1.52 bits per heavy atom. The molecule has 0 aliphatic carbocycles. The van der Waals surface area contributed by atoms with Gasteiger partial charge in [0.05, 0.1) is 0 Å². The number of benzene rings is 2. The summed E-state index contributed by atoms with van der Waals surface area (Å²) >= 11 is 1.97. The summed E-state index contributed by atoms with van der Waals surface area (Å²) in [7, 11) is 0. The molecule has 0 bridgehead atoms. The average molecular weight is 542 g/mol. The van der Waals surface area contributed by atoms with Crippen LogP contribution in [-0.4, -0.2) is 10.3 Å². The minimum absolute atomic E-state index is 0. The van der Waals surface area contributed by atoms with Crippen LogP contribution in [0.3, 0.4) is 0 Å². The van der Waals surface area contributed by atoms with Crippen molar-refractivity contribution in [2.24, 2.45) is 11.5 Å². The summed E-state index contributed by atoms with van der Waals surface area (Å²) in [5, 5.41) is 15.6. The summed E-state index contributed by atoms with van der Waals surface area (Å²) in [5.74, 6) is -0.669. The van der Waals surface area contributed by atoms with E-state index < -0.39 is 11.6 Å². The minimum Gasteiger partial charge on any atom is -0.455 e. The normalized spacial score (nSPS) is 10.4. The van der Waals surface area contributed by atoms with Gasteiger partial charge in [0, 0.05) is 33.4 Å². The fourth-order valence-electron chi connectivity index (χ4n) is 2.54. The molecule has 27 heavy (non-hydrogen) atoms. The smallest absolute Gasteiger partial charge is 0.151 e. The molecule has 0 amide bonds. The molecule has 0 unspecified atom stereocenters. The molecule has 0 fully saturated rings. The van der Waals surface area contributed by atoms with E-state index >= 15 is 0 Å². The standard InChI is InChI=1S/C16H14F2N4OS2.2BrH/c17-11-3-1-7-8-2-4-12(18)10(6-25-16(21)22)14(8)23-13(7)9(11)5-24-15(19)20;;/h1-4H,5-6H2,(H3,19,20)(H3,21,22);2*1H. The van der Waals surface area contributed by atoms with Crippen LogP contribution in [0.15, 0.2) is 28.7 Å². The molecule has 6 N–H and O–H groups in total. The van der Waals surface area contributed by atoms with Gasteiger partial charge in [-0.1, -0.05) is 23.5 Å². The van der Waals surface area contributed by atoms with Crippen molar-refractivity contribution in [3.8, 4) is 0 Å². The molecule has 3 rings (SSSR count). The highest BCUT2D eigenvalue weighted by molar-refractivity contribution is 8.93. The molecule has 0 aliphatic rings. The van der Waals surface area contributed by atoms with E-state index in [1.165, 1.54) is 12.1 Å². The van der Waals surface area contributed by atoms with Gasteiger partial charge in [-0.3, -0.25) is 10.8 Å². The van der Waals surface area contributed by atoms with Crippen LogP contribution in [-0.2, 0) is 11.5 Å². The number of thioether (sulfide) groups is 2. The predicted molar refractivity (Wildman–Crippen MR) is 121 cm³/mol. The average Bonchev–Trinajstić information content (AvgIpc) is 2.91. The lowest BCUT2D eigenvalue weighted by Crippen LogP contribution is -2.04. The zero-order valence-electron chi connectivity index (χ0n) is 13.7. The Balaban J connectivity index is 0.00000182. The number of fused-ring (bicyclic) bond motifs is 3. The van der Waals surface area contributed by atoms with E-state index in [0.29, 0.717) is 21.9 Å². The van der Waals surface area contributed by atoms with E-state index in [0.717, 1.165) is 23.5 Å². The molecule has 0 saturated heterocycles. The zero-order chi connectivity index (χ0) is 18.1. The number of nitrogens with one attached hydrogen (secondary N) is 2. The Kier molecular flexibility index (Phi) is 8.58. The molecular weight excluding hydrogens is 526 g/mol. The van der Waals surface area contributed by atoms with Crippen molar-refractivity contribution in [1.82, 2.24) is 0 Å². The topological polar surface area (TPSA) is 113 Å². The molecule has 1 heterocycles. The lowest BCUT2D eigenvalue weighted by Gasteiger charge is -2.03. The van der Waals surface area contributed by atoms with Gasteiger partial charge in [-0.15, -0.1) is 34.0 Å². The van der Waals surface area contributed by atoms with E-state index in [-0.39, 0.29) is 66.9 Å². The van der Waals surface area contributed by atoms with E-state index in [2.05, 4.69) is 0 Å². The van der Waals surface area contributed by atoms with Crippen molar-refractivity contribution in [1.29, 1.82) is 10.8 Å². The third-order valence-corrected chi connectivity index (χ3v) is 5.13. The molecule has 1 aromatic heterocycles. The molecule has 3 aromatic rings. The van der Waals surface area contributed by atoms with Crippen molar-refractivity contribution in [3.05, 3.63) is 47.0 Å². The first-order valence-corrected chi connectivity index (χ1v) is 9.10. The monoisotopic (exact) mass is 540 g/mol. The Morgan fingerprint density at radius 1 is 0.815 bits per heavy atom. The van der Waals surface area contributed by atoms with Crippen LogP contribution in [0, 0.1) is 22.5 Å². The van der Waals surface area contributed by atoms with Gasteiger partial charge < -0.3 is 15.9 Å². The van der Waals surface area contributed by atoms with Crippen molar-refractivity contribution >= 4 is 89.8 Å². The number of hydrogen-bond acceptors (Lipinski definition) is 5. The maximum atomic E-state index is 14.2. The lowest BCUT2D eigenvalue weighted by atomic mass is 10.1. The molecule has 146 valence electrons. The van der Waals surface area contributed by atoms with Crippen molar-refractivity contribution in [3.63, 3.8) is 0 Å². The van der Waals surface area contributed by atoms with Crippen molar-refractivity contribution < 1.29 is 13.2 Å². The van der Waals surface area contributed by atoms with Gasteiger partial charge >= 0.3 is 0 Å². The highest BCUT2D eigenvalue weighted by Gasteiger charge is 2.19. The molecule has 2 aromatic carbocycles. The van der Waals surface area contributed by atoms with Crippen LogP contribution in [0.5, 0.6) is 0 Å². The molecular formula is C16H16Br2F2N4OS2. The maximum absolute atomic E-state index is 14.2. The zero-order valence-corrected chi connectivity index (χ0v) is 18.7. The molecule has 0 radical (unpaired) electrons. The quantitative estimate of drug-likeness (QED) is 0.265. The summed E-state index contributed by atoms with van der Waals surface area (Å²) in [6, 6.07) is 5.80. The second kappa shape index (κ2) is 9.76. The fourth-order valence-corrected chi connectivity index (χ4v) is 3.67. The third kappa shape index (κ3) is 4.95. The van der Waals surface area contributed by atoms with E-state index in [1.54, 1.807) is 12.1 Å². The van der Waals surface area contributed by atoms with E-state index in [1.807, 2.05) is 0 Å². The summed E-state index contributed by atoms with van der Waals surface area (Å²) in [5.41, 5.74) is 11.8. The van der Waals surface area contributed by atoms with Gasteiger partial charge in [0.2, 0.25) is 0 Å². The van der Waals surface area contributed by atoms with Crippen molar-refractivity contribution in [2.75, 3.05) is 0 Å². The summed E-state index contributed by atoms with van der Waals surface area (Å²) < 4.78 is 34.3. The Labute approximate surface area is 183 Å². The van der Waals surface area contributed by atoms with Gasteiger partial charge in [-0.2, -0.15) is 0 Å². The first kappa shape index (κ1) is 23.7. The second-order valence-corrected chi connectivity index (χ2v) is 7.25. The number of amidine groups is 2. The molecule has 11 heteroatoms. The van der Waals surface area contributed by atoms with Gasteiger partial charge in [0.25, 0.3) is 0 Å². The first-order valence-electron chi connectivity index (χ1n) is 7.13. The summed E-state index contributed by atoms with van der Waals surface area (Å²) in [4.78, 5) is 0. The molecule has 0 atom stereocenters. The van der Waals surface area contributed by atoms with Gasteiger partial charge in [-0.25, -0.2) is 8.78 Å². The molecule has 0 aliphatic heterocycles. The lowest BCUT2D eigenvalue weighted by molar-refractivity contribution is 0.596. The molecule has 5 nitrogen and oxygen atoms in total. The second-order valence-electron chi connectivity index (χ2n) is 5.21. The first-order chi connectivity index (χ1) is 11.9. The number of nitrogens with two attached hydrogens (primary N) is 2. The highest BCUT2D eigenvalue weighted by Crippen LogP contribution is 2.37. The number of furan rings is 1. The van der Waals surface area contributed by atoms with Crippen LogP contribution < -0.4 is 11.5 Å². The highest BCUT2D eigenvalue weighted by atomic mass is 79.9. The fraction of sp³-hybridized carbons (Fsp3) is 0.125. The van der Waals surface area contributed by atoms with Crippen LogP contribution in [0.25, 0.3) is 21.9 Å². The minimum atomic E-state index is -0.472. The van der Waals surface area contributed by atoms with Gasteiger partial charge in [-0.05, 0) is 24.3 Å². The third-order valence-electron chi connectivity index (χ3n) is 3.64. The molecule has 0 spiro atoms. The Bertz CT molecular complexity index is 935. The number of rotatable bonds is 4. The number of halogens is 4. The van der Waals surface area contributed by atoms with Gasteiger partial charge in [0.15, 0.2) is 10.3 Å². The van der Waals surface area contributed by atoms with Crippen LogP contribution >= 0.6 is 57.5 Å². The summed E-state index contributed by atoms with van der Waals surface area (Å²) in [6.45, 7) is 0.